The van der Waals surface area contributed by atoms with Gasteiger partial charge in [-0.05, 0) is 6.07 Å². The molecule has 0 atom stereocenters. The molecule has 1 saturated heterocycles. The van der Waals surface area contributed by atoms with E-state index in [0.717, 1.165) is 13.1 Å². The molecule has 2 N–H and O–H groups in total. The number of nitro benzene ring substituents is 1. The van der Waals surface area contributed by atoms with Gasteiger partial charge in [-0.15, -0.1) is 0 Å². The first-order chi connectivity index (χ1) is 10.6. The van der Waals surface area contributed by atoms with E-state index in [1.54, 1.807) is 6.07 Å². The zero-order valence-electron chi connectivity index (χ0n) is 11.7. The summed E-state index contributed by atoms with van der Waals surface area (Å²) in [5.41, 5.74) is 0.663. The Morgan fingerprint density at radius 3 is 2.95 bits per heavy atom. The highest BCUT2D eigenvalue weighted by Crippen LogP contribution is 2.28. The van der Waals surface area contributed by atoms with E-state index in [9.17, 15) is 14.9 Å². The zero-order valence-corrected chi connectivity index (χ0v) is 12.5. The summed E-state index contributed by atoms with van der Waals surface area (Å²) in [5, 5.41) is 14.0. The summed E-state index contributed by atoms with van der Waals surface area (Å²) in [6.45, 7) is 3.36. The third-order valence-electron chi connectivity index (χ3n) is 3.44. The average molecular weight is 323 g/mol. The lowest BCUT2D eigenvalue weighted by Crippen LogP contribution is -3.15. The largest absolute Gasteiger partial charge is 0.370 e. The molecule has 0 bridgehead atoms. The van der Waals surface area contributed by atoms with E-state index >= 15 is 0 Å². The third kappa shape index (κ3) is 3.38. The zero-order chi connectivity index (χ0) is 15.5. The maximum atomic E-state index is 12.0. The number of benzene rings is 1. The summed E-state index contributed by atoms with van der Waals surface area (Å²) in [5.74, 6) is -0.106. The van der Waals surface area contributed by atoms with Crippen LogP contribution in [0.5, 0.6) is 0 Å². The SMILES string of the molecule is O=C(C[NH+]1CCOCC1)Nc1nc2ccc([N+](=O)[O-])cc2s1. The molecule has 0 unspecified atom stereocenters. The van der Waals surface area contributed by atoms with Gasteiger partial charge in [-0.3, -0.25) is 20.2 Å². The van der Waals surface area contributed by atoms with Gasteiger partial charge in [-0.1, -0.05) is 11.3 Å². The minimum atomic E-state index is -0.445. The van der Waals surface area contributed by atoms with Crippen LogP contribution >= 0.6 is 11.3 Å². The molecular formula is C13H15N4O4S+. The molecule has 1 aromatic carbocycles. The topological polar surface area (TPSA) is 98.8 Å². The molecule has 1 amide bonds. The number of anilines is 1. The van der Waals surface area contributed by atoms with Crippen LogP contribution in [0.1, 0.15) is 0 Å². The summed E-state index contributed by atoms with van der Waals surface area (Å²) in [7, 11) is 0. The second-order valence-electron chi connectivity index (χ2n) is 5.02. The van der Waals surface area contributed by atoms with Crippen molar-refractivity contribution in [2.75, 3.05) is 38.2 Å². The number of ether oxygens (including phenoxy) is 1. The number of carbonyl (C=O) groups excluding carboxylic acids is 1. The van der Waals surface area contributed by atoms with Crippen molar-refractivity contribution in [2.45, 2.75) is 0 Å². The Hall–Kier alpha value is -2.10. The van der Waals surface area contributed by atoms with Crippen molar-refractivity contribution in [3.8, 4) is 0 Å². The van der Waals surface area contributed by atoms with Crippen molar-refractivity contribution in [1.29, 1.82) is 0 Å². The second kappa shape index (κ2) is 6.34. The van der Waals surface area contributed by atoms with E-state index in [-0.39, 0.29) is 11.6 Å². The number of fused-ring (bicyclic) bond motifs is 1. The number of non-ortho nitro benzene ring substituents is 1. The number of aromatic nitrogens is 1. The molecule has 8 nitrogen and oxygen atoms in total. The third-order valence-corrected chi connectivity index (χ3v) is 4.37. The van der Waals surface area contributed by atoms with Gasteiger partial charge in [0.2, 0.25) is 0 Å². The Morgan fingerprint density at radius 2 is 2.23 bits per heavy atom. The molecule has 2 heterocycles. The lowest BCUT2D eigenvalue weighted by molar-refractivity contribution is -0.899. The Bertz CT molecular complexity index is 711. The highest BCUT2D eigenvalue weighted by Gasteiger charge is 2.19. The Kier molecular flexibility index (Phi) is 4.27. The molecule has 1 aliphatic heterocycles. The molecular weight excluding hydrogens is 308 g/mol. The number of hydrogen-bond acceptors (Lipinski definition) is 6. The van der Waals surface area contributed by atoms with Gasteiger partial charge in [-0.2, -0.15) is 0 Å². The highest BCUT2D eigenvalue weighted by atomic mass is 32.1. The van der Waals surface area contributed by atoms with Crippen LogP contribution in [-0.2, 0) is 9.53 Å². The highest BCUT2D eigenvalue weighted by molar-refractivity contribution is 7.22. The van der Waals surface area contributed by atoms with E-state index in [4.69, 9.17) is 4.74 Å². The summed E-state index contributed by atoms with van der Waals surface area (Å²) in [6.07, 6.45) is 0. The van der Waals surface area contributed by atoms with E-state index in [1.165, 1.54) is 28.4 Å². The van der Waals surface area contributed by atoms with E-state index in [1.807, 2.05) is 0 Å². The summed E-state index contributed by atoms with van der Waals surface area (Å²) in [4.78, 5) is 27.8. The van der Waals surface area contributed by atoms with Crippen molar-refractivity contribution in [3.05, 3.63) is 28.3 Å². The maximum absolute atomic E-state index is 12.0. The van der Waals surface area contributed by atoms with Gasteiger partial charge in [0.1, 0.15) is 13.1 Å². The number of carbonyl (C=O) groups is 1. The number of rotatable bonds is 4. The number of quaternary nitrogens is 1. The molecule has 0 spiro atoms. The second-order valence-corrected chi connectivity index (χ2v) is 6.05. The molecule has 2 aromatic rings. The predicted molar refractivity (Wildman–Crippen MR) is 81.3 cm³/mol. The molecule has 1 aromatic heterocycles. The van der Waals surface area contributed by atoms with Crippen molar-refractivity contribution in [1.82, 2.24) is 4.98 Å². The number of nitrogens with one attached hydrogen (secondary N) is 2. The van der Waals surface area contributed by atoms with Gasteiger partial charge < -0.3 is 9.64 Å². The smallest absolute Gasteiger partial charge is 0.281 e. The fourth-order valence-corrected chi connectivity index (χ4v) is 3.22. The van der Waals surface area contributed by atoms with Crippen LogP contribution in [0.15, 0.2) is 18.2 Å². The fraction of sp³-hybridized carbons (Fsp3) is 0.385. The molecule has 9 heteroatoms. The Balaban J connectivity index is 1.67. The number of morpholine rings is 1. The van der Waals surface area contributed by atoms with Crippen LogP contribution in [0.2, 0.25) is 0 Å². The number of thiazole rings is 1. The molecule has 0 saturated carbocycles. The quantitative estimate of drug-likeness (QED) is 0.612. The first-order valence-corrected chi connectivity index (χ1v) is 7.69. The van der Waals surface area contributed by atoms with Gasteiger partial charge in [0.05, 0.1) is 28.4 Å². The average Bonchev–Trinajstić information content (AvgIpc) is 2.89. The van der Waals surface area contributed by atoms with Crippen molar-refractivity contribution < 1.29 is 19.4 Å². The van der Waals surface area contributed by atoms with Crippen LogP contribution in [0, 0.1) is 10.1 Å². The van der Waals surface area contributed by atoms with Crippen LogP contribution in [-0.4, -0.2) is 48.7 Å². The maximum Gasteiger partial charge on any atom is 0.281 e. The van der Waals surface area contributed by atoms with Crippen LogP contribution in [0.4, 0.5) is 10.8 Å². The summed E-state index contributed by atoms with van der Waals surface area (Å²) in [6, 6.07) is 4.47. The van der Waals surface area contributed by atoms with Crippen LogP contribution < -0.4 is 10.2 Å². The molecule has 116 valence electrons. The first kappa shape index (κ1) is 14.8. The van der Waals surface area contributed by atoms with Crippen LogP contribution in [0.3, 0.4) is 0 Å². The minimum Gasteiger partial charge on any atom is -0.370 e. The lowest BCUT2D eigenvalue weighted by atomic mass is 10.3. The molecule has 1 aliphatic rings. The minimum absolute atomic E-state index is 0.0202. The number of nitro groups is 1. The first-order valence-electron chi connectivity index (χ1n) is 6.88. The monoisotopic (exact) mass is 323 g/mol. The van der Waals surface area contributed by atoms with E-state index in [2.05, 4.69) is 10.3 Å². The number of hydrogen-bond donors (Lipinski definition) is 2. The summed E-state index contributed by atoms with van der Waals surface area (Å²) >= 11 is 1.24. The van der Waals surface area contributed by atoms with E-state index in [0.29, 0.717) is 35.1 Å². The van der Waals surface area contributed by atoms with Crippen molar-refractivity contribution in [2.24, 2.45) is 0 Å². The van der Waals surface area contributed by atoms with Crippen molar-refractivity contribution >= 4 is 38.3 Å². The standard InChI is InChI=1S/C13H14N4O4S/c18-12(8-16-3-5-21-6-4-16)15-13-14-10-2-1-9(17(19)20)7-11(10)22-13/h1-2,7H,3-6,8H2,(H,14,15,18)/p+1. The lowest BCUT2D eigenvalue weighted by Gasteiger charge is -2.22. The molecule has 22 heavy (non-hydrogen) atoms. The van der Waals surface area contributed by atoms with Crippen molar-refractivity contribution in [3.63, 3.8) is 0 Å². The predicted octanol–water partition coefficient (Wildman–Crippen LogP) is 0.0581. The molecule has 3 rings (SSSR count). The van der Waals surface area contributed by atoms with Gasteiger partial charge >= 0.3 is 0 Å². The van der Waals surface area contributed by atoms with Gasteiger partial charge in [0.15, 0.2) is 11.7 Å². The van der Waals surface area contributed by atoms with E-state index < -0.39 is 4.92 Å². The Morgan fingerprint density at radius 1 is 1.45 bits per heavy atom. The van der Waals surface area contributed by atoms with Gasteiger partial charge in [-0.25, -0.2) is 4.98 Å². The normalized spacial score (nSPS) is 15.8. The number of nitrogens with zero attached hydrogens (tertiary/aromatic N) is 2. The summed E-state index contributed by atoms with van der Waals surface area (Å²) < 4.78 is 5.94. The van der Waals surface area contributed by atoms with Gasteiger partial charge in [0, 0.05) is 12.1 Å². The van der Waals surface area contributed by atoms with Crippen LogP contribution in [0.25, 0.3) is 10.2 Å². The Labute approximate surface area is 129 Å². The molecule has 1 fully saturated rings. The molecule has 0 radical (unpaired) electrons. The number of amides is 1. The fourth-order valence-electron chi connectivity index (χ4n) is 2.31. The molecule has 0 aliphatic carbocycles. The van der Waals surface area contributed by atoms with Gasteiger partial charge in [0.25, 0.3) is 11.6 Å².